The second-order valence-corrected chi connectivity index (χ2v) is 15.0. The van der Waals surface area contributed by atoms with Gasteiger partial charge in [0.05, 0.1) is 11.9 Å². The van der Waals surface area contributed by atoms with Crippen LogP contribution in [0, 0.1) is 28.6 Å². The maximum absolute atomic E-state index is 12.8. The maximum atomic E-state index is 12.8. The van der Waals surface area contributed by atoms with Crippen molar-refractivity contribution in [3.8, 4) is 0 Å². The van der Waals surface area contributed by atoms with E-state index < -0.39 is 23.5 Å². The molecule has 1 amide bonds. The highest BCUT2D eigenvalue weighted by molar-refractivity contribution is 5.83. The number of esters is 1. The van der Waals surface area contributed by atoms with Crippen LogP contribution >= 0.6 is 0 Å². The molecule has 9 atom stereocenters. The molecule has 47 heavy (non-hydrogen) atoms. The zero-order chi connectivity index (χ0) is 34.0. The van der Waals surface area contributed by atoms with Crippen LogP contribution in [0.1, 0.15) is 115 Å². The van der Waals surface area contributed by atoms with E-state index in [4.69, 9.17) is 20.6 Å². The summed E-state index contributed by atoms with van der Waals surface area (Å²) in [7, 11) is 0. The van der Waals surface area contributed by atoms with Crippen molar-refractivity contribution in [2.45, 2.75) is 127 Å². The van der Waals surface area contributed by atoms with Crippen molar-refractivity contribution in [2.24, 2.45) is 45.0 Å². The molecular weight excluding hydrogens is 604 g/mol. The molecule has 1 aromatic rings. The SMILES string of the molecule is C[C@]12CC[C@H](OC(=O)CCCC(=O)N[C@@H](CCCN=C(N)N)C(=O)O)C[C@H]1CC[C@@H]1[C@@H]2CC[C@]2(C)[C@@H](c3ccc(=O)oc3)CC[C@]12O. The molecule has 0 bridgehead atoms. The van der Waals surface area contributed by atoms with E-state index in [0.29, 0.717) is 18.3 Å². The number of fused-ring (bicyclic) bond motifs is 5. The molecule has 12 heteroatoms. The average Bonchev–Trinajstić information content (AvgIpc) is 3.30. The molecular formula is C35H52N4O8. The lowest BCUT2D eigenvalue weighted by Gasteiger charge is -2.63. The summed E-state index contributed by atoms with van der Waals surface area (Å²) in [6.45, 7) is 4.90. The topological polar surface area (TPSA) is 208 Å². The Bertz CT molecular complexity index is 1390. The second-order valence-electron chi connectivity index (χ2n) is 15.0. The van der Waals surface area contributed by atoms with E-state index in [1.807, 2.05) is 6.07 Å². The number of carboxylic acid groups (broad SMARTS) is 1. The fraction of sp³-hybridized carbons (Fsp3) is 0.743. The van der Waals surface area contributed by atoms with Crippen LogP contribution in [-0.4, -0.2) is 58.3 Å². The summed E-state index contributed by atoms with van der Waals surface area (Å²) < 4.78 is 11.1. The Balaban J connectivity index is 1.10. The number of hydrogen-bond acceptors (Lipinski definition) is 8. The number of aliphatic imine (C=N–C) groups is 1. The summed E-state index contributed by atoms with van der Waals surface area (Å²) >= 11 is 0. The molecule has 0 radical (unpaired) electrons. The van der Waals surface area contributed by atoms with Crippen molar-refractivity contribution in [3.05, 3.63) is 34.4 Å². The first-order chi connectivity index (χ1) is 22.3. The second kappa shape index (κ2) is 14.0. The van der Waals surface area contributed by atoms with Crippen molar-refractivity contribution in [2.75, 3.05) is 6.54 Å². The van der Waals surface area contributed by atoms with Gasteiger partial charge >= 0.3 is 17.6 Å². The number of guanidine groups is 1. The fourth-order valence-electron chi connectivity index (χ4n) is 10.1. The number of carbonyl (C=O) groups excluding carboxylic acids is 2. The molecule has 7 N–H and O–H groups in total. The lowest BCUT2D eigenvalue weighted by atomic mass is 9.43. The van der Waals surface area contributed by atoms with Gasteiger partial charge in [-0.3, -0.25) is 14.6 Å². The summed E-state index contributed by atoms with van der Waals surface area (Å²) in [6, 6.07) is 2.30. The van der Waals surface area contributed by atoms with Gasteiger partial charge in [-0.1, -0.05) is 13.8 Å². The molecule has 0 saturated heterocycles. The molecule has 4 aliphatic rings. The number of carbonyl (C=O) groups is 3. The van der Waals surface area contributed by atoms with Gasteiger partial charge in [0.15, 0.2) is 5.96 Å². The van der Waals surface area contributed by atoms with E-state index in [-0.39, 0.29) is 78.6 Å². The number of hydrogen-bond donors (Lipinski definition) is 5. The molecule has 0 aliphatic heterocycles. The number of aliphatic carboxylic acids is 1. The van der Waals surface area contributed by atoms with Crippen molar-refractivity contribution >= 4 is 23.8 Å². The molecule has 4 aliphatic carbocycles. The number of carboxylic acids is 1. The predicted molar refractivity (Wildman–Crippen MR) is 174 cm³/mol. The summed E-state index contributed by atoms with van der Waals surface area (Å²) in [6.07, 6.45) is 10.5. The molecule has 1 aromatic heterocycles. The summed E-state index contributed by atoms with van der Waals surface area (Å²) in [5.74, 6) is -0.765. The number of ether oxygens (including phenoxy) is 1. The Morgan fingerprint density at radius 3 is 2.53 bits per heavy atom. The van der Waals surface area contributed by atoms with Gasteiger partial charge in [-0.15, -0.1) is 0 Å². The van der Waals surface area contributed by atoms with Gasteiger partial charge in [-0.05, 0) is 118 Å². The monoisotopic (exact) mass is 656 g/mol. The zero-order valence-corrected chi connectivity index (χ0v) is 27.7. The first kappa shape index (κ1) is 34.9. The number of nitrogens with two attached hydrogens (primary N) is 2. The van der Waals surface area contributed by atoms with Gasteiger partial charge in [0.1, 0.15) is 12.1 Å². The predicted octanol–water partition coefficient (Wildman–Crippen LogP) is 3.59. The minimum Gasteiger partial charge on any atom is -0.480 e. The Hall–Kier alpha value is -3.41. The summed E-state index contributed by atoms with van der Waals surface area (Å²) in [5, 5.41) is 24.4. The normalized spacial score (nSPS) is 35.0. The van der Waals surface area contributed by atoms with Gasteiger partial charge < -0.3 is 36.2 Å². The Morgan fingerprint density at radius 2 is 1.83 bits per heavy atom. The third kappa shape index (κ3) is 7.07. The van der Waals surface area contributed by atoms with Crippen molar-refractivity contribution in [3.63, 3.8) is 0 Å². The zero-order valence-electron chi connectivity index (χ0n) is 27.7. The lowest BCUT2D eigenvalue weighted by Crippen LogP contribution is -2.62. The summed E-state index contributed by atoms with van der Waals surface area (Å²) in [5.41, 5.74) is 10.2. The van der Waals surface area contributed by atoms with E-state index >= 15 is 0 Å². The molecule has 260 valence electrons. The molecule has 12 nitrogen and oxygen atoms in total. The highest BCUT2D eigenvalue weighted by atomic mass is 16.5. The third-order valence-corrected chi connectivity index (χ3v) is 12.6. The largest absolute Gasteiger partial charge is 0.480 e. The number of aliphatic hydroxyl groups is 1. The van der Waals surface area contributed by atoms with Crippen LogP contribution in [0.5, 0.6) is 0 Å². The smallest absolute Gasteiger partial charge is 0.335 e. The van der Waals surface area contributed by atoms with Crippen molar-refractivity contribution in [1.29, 1.82) is 0 Å². The Morgan fingerprint density at radius 1 is 1.04 bits per heavy atom. The standard InChI is InChI=1S/C35H52N4O8/c1-33-15-12-23(47-30(42)7-3-6-28(40)39-27(31(43)44)5-4-18-38-32(36)37)19-22(33)9-10-26-25(33)13-16-34(2)24(14-17-35(26,34)45)21-8-11-29(41)46-20-21/h8,11,20,22-27,45H,3-7,9-10,12-19H2,1-2H3,(H,39,40)(H,43,44)(H4,36,37,38)/t22-,23+,24-,25+,26-,27+,33+,34-,35+/m1/s1. The number of nitrogens with one attached hydrogen (secondary N) is 1. The van der Waals surface area contributed by atoms with Gasteiger partial charge in [-0.2, -0.15) is 0 Å². The molecule has 0 unspecified atom stereocenters. The highest BCUT2D eigenvalue weighted by Crippen LogP contribution is 2.70. The molecule has 1 heterocycles. The first-order valence-electron chi connectivity index (χ1n) is 17.3. The number of rotatable bonds is 12. The van der Waals surface area contributed by atoms with Crippen molar-refractivity contribution in [1.82, 2.24) is 5.32 Å². The van der Waals surface area contributed by atoms with Crippen LogP contribution in [0.25, 0.3) is 0 Å². The van der Waals surface area contributed by atoms with Crippen LogP contribution in [0.4, 0.5) is 0 Å². The minimum atomic E-state index is -1.13. The molecule has 4 fully saturated rings. The van der Waals surface area contributed by atoms with Gasteiger partial charge in [0.2, 0.25) is 5.91 Å². The number of amides is 1. The highest BCUT2D eigenvalue weighted by Gasteiger charge is 2.67. The van der Waals surface area contributed by atoms with Crippen LogP contribution in [0.3, 0.4) is 0 Å². The molecule has 4 saturated carbocycles. The quantitative estimate of drug-likeness (QED) is 0.0956. The number of nitrogens with zero attached hydrogens (tertiary/aromatic N) is 1. The van der Waals surface area contributed by atoms with Crippen LogP contribution in [0.2, 0.25) is 0 Å². The maximum Gasteiger partial charge on any atom is 0.335 e. The van der Waals surface area contributed by atoms with E-state index in [2.05, 4.69) is 24.2 Å². The molecule has 5 rings (SSSR count). The van der Waals surface area contributed by atoms with Gasteiger partial charge in [-0.25, -0.2) is 9.59 Å². The van der Waals surface area contributed by atoms with E-state index in [0.717, 1.165) is 63.4 Å². The van der Waals surface area contributed by atoms with Gasteiger partial charge in [0, 0.05) is 30.9 Å². The van der Waals surface area contributed by atoms with Crippen LogP contribution < -0.4 is 22.4 Å². The third-order valence-electron chi connectivity index (χ3n) is 12.6. The van der Waals surface area contributed by atoms with E-state index in [1.165, 1.54) is 6.07 Å². The summed E-state index contributed by atoms with van der Waals surface area (Å²) in [4.78, 5) is 52.0. The molecule has 0 aromatic carbocycles. The Labute approximate surface area is 276 Å². The van der Waals surface area contributed by atoms with E-state index in [9.17, 15) is 29.4 Å². The lowest BCUT2D eigenvalue weighted by molar-refractivity contribution is -0.207. The fourth-order valence-corrected chi connectivity index (χ4v) is 10.1. The molecule has 0 spiro atoms. The minimum absolute atomic E-state index is 0.0304. The van der Waals surface area contributed by atoms with Gasteiger partial charge in [0.25, 0.3) is 0 Å². The van der Waals surface area contributed by atoms with Crippen LogP contribution in [-0.2, 0) is 19.1 Å². The van der Waals surface area contributed by atoms with Crippen molar-refractivity contribution < 1.29 is 33.8 Å². The Kier molecular flexibility index (Phi) is 10.4. The van der Waals surface area contributed by atoms with Crippen LogP contribution in [0.15, 0.2) is 32.6 Å². The average molecular weight is 657 g/mol. The first-order valence-corrected chi connectivity index (χ1v) is 17.3. The van der Waals surface area contributed by atoms with E-state index in [1.54, 1.807) is 6.26 Å².